The van der Waals surface area contributed by atoms with Gasteiger partial charge in [-0.25, -0.2) is 0 Å². The molecule has 2 heterocycles. The van der Waals surface area contributed by atoms with Crippen LogP contribution in [0.5, 0.6) is 0 Å². The van der Waals surface area contributed by atoms with Crippen molar-refractivity contribution < 1.29 is 4.79 Å². The second-order valence-corrected chi connectivity index (χ2v) is 4.10. The summed E-state index contributed by atoms with van der Waals surface area (Å²) < 4.78 is 1.75. The third kappa shape index (κ3) is 2.18. The van der Waals surface area contributed by atoms with Crippen LogP contribution in [-0.4, -0.2) is 33.7 Å². The first-order valence-electron chi connectivity index (χ1n) is 5.14. The fourth-order valence-corrected chi connectivity index (χ4v) is 1.94. The average Bonchev–Trinajstić information content (AvgIpc) is 2.75. The quantitative estimate of drug-likeness (QED) is 0.743. The Bertz CT molecular complexity index is 360. The van der Waals surface area contributed by atoms with Gasteiger partial charge in [0.15, 0.2) is 0 Å². The molecule has 1 amide bonds. The normalized spacial score (nSPS) is 21.3. The van der Waals surface area contributed by atoms with E-state index in [0.29, 0.717) is 25.4 Å². The van der Waals surface area contributed by atoms with Crippen LogP contribution in [0.4, 0.5) is 0 Å². The molecule has 0 aliphatic carbocycles. The van der Waals surface area contributed by atoms with Crippen molar-refractivity contribution in [1.82, 2.24) is 14.7 Å². The van der Waals surface area contributed by atoms with Gasteiger partial charge in [0.05, 0.1) is 6.20 Å². The number of hydrogen-bond acceptors (Lipinski definition) is 3. The Morgan fingerprint density at radius 2 is 2.47 bits per heavy atom. The Kier molecular flexibility index (Phi) is 2.73. The van der Waals surface area contributed by atoms with E-state index in [1.807, 2.05) is 18.1 Å². The molecule has 0 aromatic carbocycles. The van der Waals surface area contributed by atoms with Gasteiger partial charge in [-0.15, -0.1) is 0 Å². The first-order chi connectivity index (χ1) is 7.19. The van der Waals surface area contributed by atoms with Crippen LogP contribution < -0.4 is 5.73 Å². The molecule has 15 heavy (non-hydrogen) atoms. The van der Waals surface area contributed by atoms with Gasteiger partial charge in [-0.05, 0) is 12.5 Å². The molecule has 1 aliphatic heterocycles. The molecule has 1 aromatic rings. The van der Waals surface area contributed by atoms with E-state index < -0.39 is 0 Å². The zero-order valence-corrected chi connectivity index (χ0v) is 8.89. The van der Waals surface area contributed by atoms with Crippen molar-refractivity contribution in [3.05, 3.63) is 18.0 Å². The smallest absolute Gasteiger partial charge is 0.223 e. The Hall–Kier alpha value is -1.36. The van der Waals surface area contributed by atoms with Gasteiger partial charge in [-0.2, -0.15) is 5.10 Å². The summed E-state index contributed by atoms with van der Waals surface area (Å²) in [5.41, 5.74) is 6.63. The maximum Gasteiger partial charge on any atom is 0.223 e. The number of aromatic nitrogens is 2. The molecule has 1 aliphatic rings. The predicted molar refractivity (Wildman–Crippen MR) is 55.8 cm³/mol. The minimum absolute atomic E-state index is 0.203. The highest BCUT2D eigenvalue weighted by Crippen LogP contribution is 2.18. The monoisotopic (exact) mass is 208 g/mol. The van der Waals surface area contributed by atoms with Crippen molar-refractivity contribution in [1.29, 1.82) is 0 Å². The number of amides is 1. The molecular formula is C10H16N4O. The van der Waals surface area contributed by atoms with Gasteiger partial charge < -0.3 is 10.6 Å². The lowest BCUT2D eigenvalue weighted by Crippen LogP contribution is -2.25. The SMILES string of the molecule is Cn1cc(CN2CC(CN)CC2=O)cn1. The van der Waals surface area contributed by atoms with Crippen LogP contribution in [-0.2, 0) is 18.4 Å². The number of hydrogen-bond donors (Lipinski definition) is 1. The fraction of sp³-hybridized carbons (Fsp3) is 0.600. The Labute approximate surface area is 88.8 Å². The molecule has 82 valence electrons. The third-order valence-electron chi connectivity index (χ3n) is 2.76. The molecule has 1 aromatic heterocycles. The topological polar surface area (TPSA) is 64.2 Å². The Balaban J connectivity index is 1.98. The highest BCUT2D eigenvalue weighted by molar-refractivity contribution is 5.78. The van der Waals surface area contributed by atoms with Crippen molar-refractivity contribution in [2.24, 2.45) is 18.7 Å². The minimum Gasteiger partial charge on any atom is -0.338 e. The largest absolute Gasteiger partial charge is 0.338 e. The summed E-state index contributed by atoms with van der Waals surface area (Å²) in [7, 11) is 1.87. The summed E-state index contributed by atoms with van der Waals surface area (Å²) in [6, 6.07) is 0. The Morgan fingerprint density at radius 1 is 1.67 bits per heavy atom. The summed E-state index contributed by atoms with van der Waals surface area (Å²) in [5, 5.41) is 4.08. The van der Waals surface area contributed by atoms with Gasteiger partial charge in [-0.3, -0.25) is 9.48 Å². The minimum atomic E-state index is 0.203. The zero-order valence-electron chi connectivity index (χ0n) is 8.89. The lowest BCUT2D eigenvalue weighted by atomic mass is 10.1. The highest BCUT2D eigenvalue weighted by Gasteiger charge is 2.28. The average molecular weight is 208 g/mol. The summed E-state index contributed by atoms with van der Waals surface area (Å²) in [6.45, 7) is 2.03. The highest BCUT2D eigenvalue weighted by atomic mass is 16.2. The molecule has 1 unspecified atom stereocenters. The number of aryl methyl sites for hydroxylation is 1. The lowest BCUT2D eigenvalue weighted by molar-refractivity contribution is -0.128. The van der Waals surface area contributed by atoms with E-state index >= 15 is 0 Å². The Morgan fingerprint density at radius 3 is 3.00 bits per heavy atom. The fourth-order valence-electron chi connectivity index (χ4n) is 1.94. The maximum atomic E-state index is 11.6. The van der Waals surface area contributed by atoms with E-state index in [2.05, 4.69) is 5.10 Å². The number of likely N-dealkylation sites (tertiary alicyclic amines) is 1. The second-order valence-electron chi connectivity index (χ2n) is 4.10. The number of rotatable bonds is 3. The third-order valence-corrected chi connectivity index (χ3v) is 2.76. The molecule has 2 rings (SSSR count). The molecule has 0 saturated carbocycles. The summed E-state index contributed by atoms with van der Waals surface area (Å²) >= 11 is 0. The zero-order chi connectivity index (χ0) is 10.8. The molecule has 5 nitrogen and oxygen atoms in total. The van der Waals surface area contributed by atoms with E-state index in [0.717, 1.165) is 12.1 Å². The molecule has 1 atom stereocenters. The van der Waals surface area contributed by atoms with Crippen molar-refractivity contribution in [2.45, 2.75) is 13.0 Å². The summed E-state index contributed by atoms with van der Waals surface area (Å²) in [4.78, 5) is 13.5. The molecule has 0 radical (unpaired) electrons. The van der Waals surface area contributed by atoms with E-state index in [-0.39, 0.29) is 5.91 Å². The van der Waals surface area contributed by atoms with Gasteiger partial charge in [0.1, 0.15) is 0 Å². The van der Waals surface area contributed by atoms with Crippen LogP contribution in [0.3, 0.4) is 0 Å². The molecular weight excluding hydrogens is 192 g/mol. The van der Waals surface area contributed by atoms with Crippen LogP contribution in [0, 0.1) is 5.92 Å². The van der Waals surface area contributed by atoms with Crippen molar-refractivity contribution in [3.8, 4) is 0 Å². The first-order valence-corrected chi connectivity index (χ1v) is 5.14. The maximum absolute atomic E-state index is 11.6. The van der Waals surface area contributed by atoms with Gasteiger partial charge in [-0.1, -0.05) is 0 Å². The van der Waals surface area contributed by atoms with Crippen LogP contribution in [0.1, 0.15) is 12.0 Å². The van der Waals surface area contributed by atoms with E-state index in [1.54, 1.807) is 10.9 Å². The molecule has 2 N–H and O–H groups in total. The second kappa shape index (κ2) is 4.02. The van der Waals surface area contributed by atoms with Gasteiger partial charge in [0.25, 0.3) is 0 Å². The summed E-state index contributed by atoms with van der Waals surface area (Å²) in [6.07, 6.45) is 4.32. The van der Waals surface area contributed by atoms with Crippen molar-refractivity contribution in [2.75, 3.05) is 13.1 Å². The van der Waals surface area contributed by atoms with E-state index in [9.17, 15) is 4.79 Å². The molecule has 0 bridgehead atoms. The standard InChI is InChI=1S/C10H16N4O/c1-13-5-9(4-12-13)7-14-6-8(3-11)2-10(14)15/h4-5,8H,2-3,6-7,11H2,1H3. The van der Waals surface area contributed by atoms with Crippen LogP contribution >= 0.6 is 0 Å². The van der Waals surface area contributed by atoms with Crippen LogP contribution in [0.15, 0.2) is 12.4 Å². The molecule has 5 heteroatoms. The first kappa shape index (κ1) is 10.2. The van der Waals surface area contributed by atoms with Crippen LogP contribution in [0.2, 0.25) is 0 Å². The van der Waals surface area contributed by atoms with E-state index in [4.69, 9.17) is 5.73 Å². The van der Waals surface area contributed by atoms with Crippen molar-refractivity contribution >= 4 is 5.91 Å². The predicted octanol–water partition coefficient (Wildman–Crippen LogP) is -0.273. The number of nitrogens with two attached hydrogens (primary N) is 1. The molecule has 1 saturated heterocycles. The molecule has 1 fully saturated rings. The number of carbonyl (C=O) groups is 1. The van der Waals surface area contributed by atoms with Gasteiger partial charge >= 0.3 is 0 Å². The van der Waals surface area contributed by atoms with Crippen LogP contribution in [0.25, 0.3) is 0 Å². The van der Waals surface area contributed by atoms with Crippen molar-refractivity contribution in [3.63, 3.8) is 0 Å². The number of carbonyl (C=O) groups excluding carboxylic acids is 1. The lowest BCUT2D eigenvalue weighted by Gasteiger charge is -2.14. The van der Waals surface area contributed by atoms with Gasteiger partial charge in [0.2, 0.25) is 5.91 Å². The van der Waals surface area contributed by atoms with E-state index in [1.165, 1.54) is 0 Å². The molecule has 0 spiro atoms. The number of nitrogens with zero attached hydrogens (tertiary/aromatic N) is 3. The summed E-state index contributed by atoms with van der Waals surface area (Å²) in [5.74, 6) is 0.531. The van der Waals surface area contributed by atoms with Gasteiger partial charge in [0, 0.05) is 38.3 Å².